The third kappa shape index (κ3) is 3.28. The second-order valence-electron chi connectivity index (χ2n) is 7.45. The average molecular weight is 420 g/mol. The van der Waals surface area contributed by atoms with Gasteiger partial charge in [-0.15, -0.1) is 0 Å². The number of hydrogen-bond acceptors (Lipinski definition) is 5. The van der Waals surface area contributed by atoms with E-state index in [0.717, 1.165) is 22.3 Å². The molecule has 0 aliphatic carbocycles. The Kier molecular flexibility index (Phi) is 4.60. The number of benzene rings is 3. The summed E-state index contributed by atoms with van der Waals surface area (Å²) >= 11 is 0. The molecule has 0 spiro atoms. The highest BCUT2D eigenvalue weighted by atomic mass is 32.2. The molecular weight excluding hydrogens is 400 g/mol. The maximum atomic E-state index is 13.1. The Labute approximate surface area is 175 Å². The SMILES string of the molecule is O=S(=O)(Oc1ccc(O)cc1)[C@@H]1C[C@H]2O[C@@H]1C(c1ccccc1)=C2c1ccccc1. The second kappa shape index (κ2) is 7.31. The zero-order valence-electron chi connectivity index (χ0n) is 16.0. The van der Waals surface area contributed by atoms with E-state index in [2.05, 4.69) is 0 Å². The molecule has 2 heterocycles. The van der Waals surface area contributed by atoms with Gasteiger partial charge in [-0.1, -0.05) is 60.7 Å². The maximum absolute atomic E-state index is 13.1. The molecule has 3 aromatic carbocycles. The molecule has 0 unspecified atom stereocenters. The lowest BCUT2D eigenvalue weighted by molar-refractivity contribution is 0.128. The van der Waals surface area contributed by atoms with Crippen LogP contribution in [0, 0.1) is 0 Å². The van der Waals surface area contributed by atoms with Crippen molar-refractivity contribution in [1.29, 1.82) is 0 Å². The van der Waals surface area contributed by atoms with Crippen LogP contribution in [0.1, 0.15) is 17.5 Å². The van der Waals surface area contributed by atoms with E-state index < -0.39 is 21.5 Å². The smallest absolute Gasteiger partial charge is 0.315 e. The molecule has 2 aliphatic heterocycles. The van der Waals surface area contributed by atoms with Crippen LogP contribution in [0.2, 0.25) is 0 Å². The highest BCUT2D eigenvalue weighted by Crippen LogP contribution is 2.50. The lowest BCUT2D eigenvalue weighted by Gasteiger charge is -2.24. The van der Waals surface area contributed by atoms with Crippen molar-refractivity contribution >= 4 is 21.3 Å². The summed E-state index contributed by atoms with van der Waals surface area (Å²) in [5.74, 6) is 0.217. The number of fused-ring (bicyclic) bond motifs is 2. The van der Waals surface area contributed by atoms with Crippen molar-refractivity contribution in [2.75, 3.05) is 0 Å². The van der Waals surface area contributed by atoms with Crippen molar-refractivity contribution in [3.05, 3.63) is 96.1 Å². The fourth-order valence-corrected chi connectivity index (χ4v) is 5.70. The van der Waals surface area contributed by atoms with Crippen molar-refractivity contribution in [3.8, 4) is 11.5 Å². The number of phenolic OH excluding ortho intramolecular Hbond substituents is 1. The molecule has 1 N–H and O–H groups in total. The molecule has 2 aliphatic rings. The Hall–Kier alpha value is -3.09. The van der Waals surface area contributed by atoms with Gasteiger partial charge in [-0.05, 0) is 46.5 Å². The van der Waals surface area contributed by atoms with Crippen molar-refractivity contribution in [2.24, 2.45) is 0 Å². The van der Waals surface area contributed by atoms with E-state index in [9.17, 15) is 13.5 Å². The number of ether oxygens (including phenoxy) is 1. The molecule has 30 heavy (non-hydrogen) atoms. The Morgan fingerprint density at radius 3 is 1.97 bits per heavy atom. The van der Waals surface area contributed by atoms with E-state index >= 15 is 0 Å². The first kappa shape index (κ1) is 18.9. The van der Waals surface area contributed by atoms with Gasteiger partial charge < -0.3 is 14.0 Å². The molecule has 152 valence electrons. The topological polar surface area (TPSA) is 72.8 Å². The Balaban J connectivity index is 1.55. The van der Waals surface area contributed by atoms with E-state index in [-0.39, 0.29) is 17.6 Å². The standard InChI is InChI=1S/C24H20O5S/c25-18-11-13-19(14-12-18)29-30(26,27)21-15-20-22(16-7-3-1-4-8-16)23(24(21)28-20)17-9-5-2-6-10-17/h1-14,20-21,24-25H,15H2/t20-,21-,24+/m1/s1. The molecule has 0 radical (unpaired) electrons. The summed E-state index contributed by atoms with van der Waals surface area (Å²) in [6.45, 7) is 0. The third-order valence-corrected chi connectivity index (χ3v) is 7.19. The van der Waals surface area contributed by atoms with Crippen molar-refractivity contribution in [3.63, 3.8) is 0 Å². The summed E-state index contributed by atoms with van der Waals surface area (Å²) < 4.78 is 37.8. The Morgan fingerprint density at radius 1 is 0.800 bits per heavy atom. The number of aromatic hydroxyl groups is 1. The number of phenols is 1. The number of hydrogen-bond donors (Lipinski definition) is 1. The van der Waals surface area contributed by atoms with Gasteiger partial charge >= 0.3 is 10.1 Å². The summed E-state index contributed by atoms with van der Waals surface area (Å²) in [5, 5.41) is 8.61. The minimum atomic E-state index is -3.94. The summed E-state index contributed by atoms with van der Waals surface area (Å²) in [6.07, 6.45) is -0.573. The van der Waals surface area contributed by atoms with Crippen LogP contribution in [-0.4, -0.2) is 31.0 Å². The molecule has 5 nitrogen and oxygen atoms in total. The van der Waals surface area contributed by atoms with E-state index in [1.807, 2.05) is 60.7 Å². The molecule has 6 heteroatoms. The van der Waals surface area contributed by atoms with Gasteiger partial charge in [0.05, 0.1) is 6.10 Å². The molecule has 3 aromatic rings. The van der Waals surface area contributed by atoms with Gasteiger partial charge in [-0.2, -0.15) is 8.42 Å². The second-order valence-corrected chi connectivity index (χ2v) is 9.21. The Bertz CT molecular complexity index is 1190. The minimum absolute atomic E-state index is 0.0461. The van der Waals surface area contributed by atoms with Crippen LogP contribution in [-0.2, 0) is 14.9 Å². The predicted octanol–water partition coefficient (Wildman–Crippen LogP) is 4.25. The maximum Gasteiger partial charge on any atom is 0.315 e. The summed E-state index contributed by atoms with van der Waals surface area (Å²) in [5.41, 5.74) is 3.94. The van der Waals surface area contributed by atoms with Gasteiger partial charge in [0.25, 0.3) is 0 Å². The zero-order valence-corrected chi connectivity index (χ0v) is 16.8. The molecule has 0 aromatic heterocycles. The van der Waals surface area contributed by atoms with Crippen molar-refractivity contribution in [1.82, 2.24) is 0 Å². The molecule has 0 saturated carbocycles. The highest BCUT2D eigenvalue weighted by Gasteiger charge is 2.53. The molecule has 3 atom stereocenters. The van der Waals surface area contributed by atoms with Gasteiger partial charge in [-0.25, -0.2) is 0 Å². The molecule has 5 rings (SSSR count). The van der Waals surface area contributed by atoms with Gasteiger partial charge in [0.1, 0.15) is 22.9 Å². The summed E-state index contributed by atoms with van der Waals surface area (Å²) in [4.78, 5) is 0. The minimum Gasteiger partial charge on any atom is -0.508 e. The fraction of sp³-hybridized carbons (Fsp3) is 0.167. The van der Waals surface area contributed by atoms with Gasteiger partial charge in [0, 0.05) is 6.42 Å². The predicted molar refractivity (Wildman–Crippen MR) is 114 cm³/mol. The van der Waals surface area contributed by atoms with Gasteiger partial charge in [0.2, 0.25) is 0 Å². The van der Waals surface area contributed by atoms with Crippen molar-refractivity contribution < 1.29 is 22.4 Å². The normalized spacial score (nSPS) is 23.0. The van der Waals surface area contributed by atoms with Crippen LogP contribution in [0.15, 0.2) is 84.9 Å². The van der Waals surface area contributed by atoms with Crippen LogP contribution in [0.4, 0.5) is 0 Å². The van der Waals surface area contributed by atoms with Crippen LogP contribution >= 0.6 is 0 Å². The summed E-state index contributed by atoms with van der Waals surface area (Å²) in [7, 11) is -3.94. The van der Waals surface area contributed by atoms with E-state index in [4.69, 9.17) is 8.92 Å². The van der Waals surface area contributed by atoms with E-state index in [0.29, 0.717) is 6.42 Å². The lowest BCUT2D eigenvalue weighted by atomic mass is 9.84. The first-order valence-electron chi connectivity index (χ1n) is 9.75. The van der Waals surface area contributed by atoms with Crippen LogP contribution in [0.25, 0.3) is 11.1 Å². The largest absolute Gasteiger partial charge is 0.508 e. The molecule has 1 saturated heterocycles. The summed E-state index contributed by atoms with van der Waals surface area (Å²) in [6, 6.07) is 25.4. The third-order valence-electron chi connectivity index (χ3n) is 5.58. The van der Waals surface area contributed by atoms with Crippen LogP contribution in [0.5, 0.6) is 11.5 Å². The van der Waals surface area contributed by atoms with Crippen LogP contribution in [0.3, 0.4) is 0 Å². The molecule has 2 bridgehead atoms. The van der Waals surface area contributed by atoms with Gasteiger partial charge in [0.15, 0.2) is 0 Å². The quantitative estimate of drug-likeness (QED) is 0.625. The number of rotatable bonds is 5. The molecular formula is C24H20O5S. The van der Waals surface area contributed by atoms with Crippen LogP contribution < -0.4 is 4.18 Å². The first-order chi connectivity index (χ1) is 14.5. The monoisotopic (exact) mass is 420 g/mol. The van der Waals surface area contributed by atoms with Gasteiger partial charge in [-0.3, -0.25) is 0 Å². The highest BCUT2D eigenvalue weighted by molar-refractivity contribution is 7.87. The zero-order chi connectivity index (χ0) is 20.7. The fourth-order valence-electron chi connectivity index (χ4n) is 4.28. The molecule has 0 amide bonds. The molecule has 1 fully saturated rings. The first-order valence-corrected chi connectivity index (χ1v) is 11.2. The van der Waals surface area contributed by atoms with E-state index in [1.54, 1.807) is 0 Å². The Morgan fingerprint density at radius 2 is 1.37 bits per heavy atom. The lowest BCUT2D eigenvalue weighted by Crippen LogP contribution is -2.35. The van der Waals surface area contributed by atoms with E-state index in [1.165, 1.54) is 24.3 Å². The van der Waals surface area contributed by atoms with Crippen molar-refractivity contribution in [2.45, 2.75) is 23.9 Å². The average Bonchev–Trinajstić information content (AvgIpc) is 3.36.